The van der Waals surface area contributed by atoms with Crippen LogP contribution in [0.25, 0.3) is 0 Å². The van der Waals surface area contributed by atoms with Crippen molar-refractivity contribution in [3.63, 3.8) is 0 Å². The fourth-order valence-corrected chi connectivity index (χ4v) is 7.34. The Morgan fingerprint density at radius 1 is 0.640 bits per heavy atom. The Balaban J connectivity index is 0.920. The molecule has 2 saturated heterocycles. The van der Waals surface area contributed by atoms with E-state index in [2.05, 4.69) is 20.5 Å². The summed E-state index contributed by atoms with van der Waals surface area (Å²) >= 11 is 0. The number of pyridine rings is 1. The van der Waals surface area contributed by atoms with Crippen LogP contribution < -0.4 is 15.5 Å². The summed E-state index contributed by atoms with van der Waals surface area (Å²) in [6.07, 6.45) is 5.96. The Morgan fingerprint density at radius 3 is 1.76 bits per heavy atom. The van der Waals surface area contributed by atoms with E-state index in [1.54, 1.807) is 16.0 Å². The molecule has 3 aromatic carbocycles. The molecule has 0 unspecified atom stereocenters. The van der Waals surface area contributed by atoms with Crippen molar-refractivity contribution < 1.29 is 19.2 Å². The fourth-order valence-electron chi connectivity index (χ4n) is 7.34. The van der Waals surface area contributed by atoms with Crippen molar-refractivity contribution in [3.05, 3.63) is 119 Å². The third-order valence-corrected chi connectivity index (χ3v) is 9.97. The monoisotopic (exact) mass is 670 g/mol. The lowest BCUT2D eigenvalue weighted by Crippen LogP contribution is -2.43. The van der Waals surface area contributed by atoms with Crippen LogP contribution in [0.4, 0.5) is 17.2 Å². The van der Waals surface area contributed by atoms with Crippen LogP contribution >= 0.6 is 0 Å². The number of fused-ring (bicyclic) bond motifs is 1. The van der Waals surface area contributed by atoms with Crippen molar-refractivity contribution >= 4 is 40.8 Å². The number of nitrogens with zero attached hydrogens (tertiary/aromatic N) is 4. The number of hydrogen-bond donors (Lipinski definition) is 2. The molecule has 0 spiro atoms. The molecular formula is C40H42N6O4. The third-order valence-electron chi connectivity index (χ3n) is 9.97. The van der Waals surface area contributed by atoms with Gasteiger partial charge in [0.1, 0.15) is 17.9 Å². The summed E-state index contributed by atoms with van der Waals surface area (Å²) in [5.41, 5.74) is 5.57. The molecule has 1 aromatic heterocycles. The van der Waals surface area contributed by atoms with Crippen LogP contribution in [-0.4, -0.2) is 70.1 Å². The van der Waals surface area contributed by atoms with Gasteiger partial charge in [0.05, 0.1) is 24.7 Å². The first-order valence-electron chi connectivity index (χ1n) is 17.5. The van der Waals surface area contributed by atoms with Gasteiger partial charge < -0.3 is 25.3 Å². The van der Waals surface area contributed by atoms with Crippen molar-refractivity contribution in [3.8, 4) is 0 Å². The smallest absolute Gasteiger partial charge is 0.247 e. The average molecular weight is 671 g/mol. The second kappa shape index (κ2) is 14.9. The second-order valence-corrected chi connectivity index (χ2v) is 13.4. The normalized spacial score (nSPS) is 18.4. The fraction of sp³-hybridized carbons (Fsp3) is 0.325. The van der Waals surface area contributed by atoms with Gasteiger partial charge in [0.2, 0.25) is 23.6 Å². The first-order valence-corrected chi connectivity index (χ1v) is 17.5. The van der Waals surface area contributed by atoms with E-state index >= 15 is 0 Å². The summed E-state index contributed by atoms with van der Waals surface area (Å²) in [7, 11) is 0. The molecule has 0 bridgehead atoms. The summed E-state index contributed by atoms with van der Waals surface area (Å²) in [5.74, 6) is 0.432. The standard InChI is InChI=1S/C40H42N6O4/c47-37(23-28-9-3-1-4-10-28)45-20-7-13-34(45)39(49)42-32-16-15-31-27-44(22-19-30(31)25-32)36-18-17-33(26-41-36)43-40(50)35-14-8-21-46(35)38(48)24-29-11-5-2-6-12-29/h1-6,9-12,15-18,25-26,34-35H,7-8,13-14,19-24,27H2,(H,42,49)(H,43,50)/t34-,35-/m0/s1. The van der Waals surface area contributed by atoms with Crippen molar-refractivity contribution in [1.82, 2.24) is 14.8 Å². The molecule has 2 atom stereocenters. The number of hydrogen-bond acceptors (Lipinski definition) is 6. The van der Waals surface area contributed by atoms with Gasteiger partial charge >= 0.3 is 0 Å². The highest BCUT2D eigenvalue weighted by Crippen LogP contribution is 2.28. The van der Waals surface area contributed by atoms with Crippen LogP contribution in [0.1, 0.15) is 47.9 Å². The number of likely N-dealkylation sites (tertiary alicyclic amines) is 2. The number of carbonyl (C=O) groups is 4. The van der Waals surface area contributed by atoms with Crippen molar-refractivity contribution in [2.24, 2.45) is 0 Å². The number of carbonyl (C=O) groups excluding carboxylic acids is 4. The van der Waals surface area contributed by atoms with Gasteiger partial charge in [-0.2, -0.15) is 0 Å². The van der Waals surface area contributed by atoms with E-state index in [-0.39, 0.29) is 30.0 Å². The highest BCUT2D eigenvalue weighted by Gasteiger charge is 2.35. The zero-order valence-electron chi connectivity index (χ0n) is 28.1. The average Bonchev–Trinajstić information content (AvgIpc) is 3.84. The summed E-state index contributed by atoms with van der Waals surface area (Å²) in [6.45, 7) is 2.61. The van der Waals surface area contributed by atoms with Crippen LogP contribution in [0.2, 0.25) is 0 Å². The molecule has 3 aliphatic heterocycles. The molecule has 0 aliphatic carbocycles. The lowest BCUT2D eigenvalue weighted by Gasteiger charge is -2.30. The quantitative estimate of drug-likeness (QED) is 0.260. The summed E-state index contributed by atoms with van der Waals surface area (Å²) < 4.78 is 0. The van der Waals surface area contributed by atoms with Gasteiger partial charge in [0.25, 0.3) is 0 Å². The highest BCUT2D eigenvalue weighted by molar-refractivity contribution is 5.98. The number of amides is 4. The summed E-state index contributed by atoms with van der Waals surface area (Å²) in [5, 5.41) is 6.04. The second-order valence-electron chi connectivity index (χ2n) is 13.4. The van der Waals surface area contributed by atoms with Crippen LogP contribution in [0.5, 0.6) is 0 Å². The van der Waals surface area contributed by atoms with E-state index < -0.39 is 12.1 Å². The molecule has 0 saturated carbocycles. The van der Waals surface area contributed by atoms with Gasteiger partial charge in [-0.25, -0.2) is 4.98 Å². The molecular weight excluding hydrogens is 628 g/mol. The Morgan fingerprint density at radius 2 is 1.20 bits per heavy atom. The molecule has 3 aliphatic rings. The maximum absolute atomic E-state index is 13.3. The Labute approximate surface area is 292 Å². The first kappa shape index (κ1) is 33.0. The van der Waals surface area contributed by atoms with Crippen LogP contribution in [-0.2, 0) is 45.0 Å². The van der Waals surface area contributed by atoms with Crippen molar-refractivity contribution in [1.29, 1.82) is 0 Å². The van der Waals surface area contributed by atoms with E-state index in [4.69, 9.17) is 0 Å². The van der Waals surface area contributed by atoms with E-state index in [1.165, 1.54) is 5.56 Å². The summed E-state index contributed by atoms with van der Waals surface area (Å²) in [6, 6.07) is 28.1. The Kier molecular flexibility index (Phi) is 9.86. The number of nitrogens with one attached hydrogen (secondary N) is 2. The lowest BCUT2D eigenvalue weighted by molar-refractivity contribution is -0.136. The number of rotatable bonds is 9. The molecule has 4 amide bonds. The minimum absolute atomic E-state index is 0.0186. The molecule has 50 heavy (non-hydrogen) atoms. The largest absolute Gasteiger partial charge is 0.352 e. The predicted molar refractivity (Wildman–Crippen MR) is 192 cm³/mol. The Bertz CT molecular complexity index is 1850. The van der Waals surface area contributed by atoms with E-state index in [1.807, 2.05) is 91.0 Å². The molecule has 7 rings (SSSR count). The van der Waals surface area contributed by atoms with E-state index in [0.29, 0.717) is 44.6 Å². The zero-order valence-corrected chi connectivity index (χ0v) is 28.1. The lowest BCUT2D eigenvalue weighted by atomic mass is 9.99. The van der Waals surface area contributed by atoms with Gasteiger partial charge in [-0.05, 0) is 78.6 Å². The molecule has 0 radical (unpaired) electrons. The van der Waals surface area contributed by atoms with E-state index in [9.17, 15) is 19.2 Å². The van der Waals surface area contributed by atoms with Crippen molar-refractivity contribution in [2.45, 2.75) is 63.6 Å². The highest BCUT2D eigenvalue weighted by atomic mass is 16.2. The maximum atomic E-state index is 13.3. The summed E-state index contributed by atoms with van der Waals surface area (Å²) in [4.78, 5) is 62.8. The molecule has 256 valence electrons. The first-order chi connectivity index (χ1) is 24.4. The minimum Gasteiger partial charge on any atom is -0.352 e. The third kappa shape index (κ3) is 7.54. The van der Waals surface area contributed by atoms with Gasteiger partial charge in [-0.3, -0.25) is 19.2 Å². The number of aromatic nitrogens is 1. The number of anilines is 3. The van der Waals surface area contributed by atoms with Crippen LogP contribution in [0, 0.1) is 0 Å². The SMILES string of the molecule is O=C(Nc1ccc(N2CCc3cc(NC(=O)[C@@H]4CCCN4C(=O)Cc4ccccc4)ccc3C2)nc1)[C@@H]1CCCN1C(=O)Cc1ccccc1. The Hall–Kier alpha value is -5.51. The van der Waals surface area contributed by atoms with Gasteiger partial charge in [-0.15, -0.1) is 0 Å². The molecule has 2 fully saturated rings. The predicted octanol–water partition coefficient (Wildman–Crippen LogP) is 4.99. The molecule has 10 heteroatoms. The minimum atomic E-state index is -0.488. The molecule has 4 aromatic rings. The zero-order chi connectivity index (χ0) is 34.5. The molecule has 10 nitrogen and oxygen atoms in total. The number of benzene rings is 3. The van der Waals surface area contributed by atoms with Crippen molar-refractivity contribution in [2.75, 3.05) is 35.2 Å². The van der Waals surface area contributed by atoms with Gasteiger partial charge in [-0.1, -0.05) is 66.7 Å². The molecule has 4 heterocycles. The van der Waals surface area contributed by atoms with Crippen LogP contribution in [0.15, 0.2) is 97.2 Å². The van der Waals surface area contributed by atoms with Crippen LogP contribution in [0.3, 0.4) is 0 Å². The van der Waals surface area contributed by atoms with Gasteiger partial charge in [0, 0.05) is 31.9 Å². The topological polar surface area (TPSA) is 115 Å². The van der Waals surface area contributed by atoms with E-state index in [0.717, 1.165) is 54.0 Å². The van der Waals surface area contributed by atoms with Gasteiger partial charge in [0.15, 0.2) is 0 Å². The molecule has 2 N–H and O–H groups in total. The maximum Gasteiger partial charge on any atom is 0.247 e.